The van der Waals surface area contributed by atoms with Crippen LogP contribution in [-0.2, 0) is 4.79 Å². The lowest BCUT2D eigenvalue weighted by molar-refractivity contribution is -0.123. The Morgan fingerprint density at radius 2 is 2.05 bits per heavy atom. The summed E-state index contributed by atoms with van der Waals surface area (Å²) in [7, 11) is 0. The third kappa shape index (κ3) is 4.49. The van der Waals surface area contributed by atoms with Gasteiger partial charge in [0.15, 0.2) is 0 Å². The molecule has 112 valence electrons. The second kappa shape index (κ2) is 7.24. The highest BCUT2D eigenvalue weighted by atomic mass is 19.1. The van der Waals surface area contributed by atoms with Crippen LogP contribution in [0.1, 0.15) is 39.3 Å². The van der Waals surface area contributed by atoms with Gasteiger partial charge in [-0.2, -0.15) is 0 Å². The minimum Gasteiger partial charge on any atom is -0.508 e. The maximum atomic E-state index is 13.0. The molecular weight excluding hydrogens is 259 g/mol. The number of likely N-dealkylation sites (N-methyl/N-ethyl adjacent to an activating group) is 1. The fraction of sp³-hybridized carbons (Fsp3) is 0.533. The Morgan fingerprint density at radius 1 is 1.40 bits per heavy atom. The van der Waals surface area contributed by atoms with Crippen LogP contribution in [-0.4, -0.2) is 35.0 Å². The number of aromatic hydroxyl groups is 1. The highest BCUT2D eigenvalue weighted by molar-refractivity contribution is 5.78. The van der Waals surface area contributed by atoms with E-state index in [1.54, 1.807) is 6.07 Å². The summed E-state index contributed by atoms with van der Waals surface area (Å²) in [4.78, 5) is 13.7. The second-order valence-electron chi connectivity index (χ2n) is 5.16. The summed E-state index contributed by atoms with van der Waals surface area (Å²) in [6.07, 6.45) is 0. The van der Waals surface area contributed by atoms with Crippen LogP contribution >= 0.6 is 0 Å². The van der Waals surface area contributed by atoms with Crippen molar-refractivity contribution in [3.05, 3.63) is 29.6 Å². The van der Waals surface area contributed by atoms with Crippen LogP contribution in [0.3, 0.4) is 0 Å². The van der Waals surface area contributed by atoms with Crippen molar-refractivity contribution >= 4 is 5.91 Å². The summed E-state index contributed by atoms with van der Waals surface area (Å²) in [5.74, 6) is -0.616. The van der Waals surface area contributed by atoms with Gasteiger partial charge in [0, 0.05) is 23.7 Å². The van der Waals surface area contributed by atoms with Crippen LogP contribution in [0, 0.1) is 5.82 Å². The second-order valence-corrected chi connectivity index (χ2v) is 5.16. The van der Waals surface area contributed by atoms with Crippen LogP contribution in [0.2, 0.25) is 0 Å². The Bertz CT molecular complexity index is 463. The minimum absolute atomic E-state index is 0.0599. The van der Waals surface area contributed by atoms with E-state index in [4.69, 9.17) is 0 Å². The standard InChI is InChI=1S/C15H23FN2O2/c1-5-18(9-15(20)17-10(2)3)11(4)13-7-6-12(16)8-14(13)19/h6-8,10-11,19H,5,9H2,1-4H3,(H,17,20). The number of hydrogen-bond acceptors (Lipinski definition) is 3. The van der Waals surface area contributed by atoms with Gasteiger partial charge in [0.2, 0.25) is 5.91 Å². The Labute approximate surface area is 119 Å². The van der Waals surface area contributed by atoms with E-state index < -0.39 is 5.82 Å². The number of phenols is 1. The zero-order chi connectivity index (χ0) is 15.3. The van der Waals surface area contributed by atoms with Crippen molar-refractivity contribution in [1.82, 2.24) is 10.2 Å². The zero-order valence-corrected chi connectivity index (χ0v) is 12.5. The first kappa shape index (κ1) is 16.4. The summed E-state index contributed by atoms with van der Waals surface area (Å²) in [6.45, 7) is 8.54. The van der Waals surface area contributed by atoms with Gasteiger partial charge in [0.25, 0.3) is 0 Å². The maximum absolute atomic E-state index is 13.0. The van der Waals surface area contributed by atoms with Gasteiger partial charge in [0.1, 0.15) is 11.6 Å². The first-order chi connectivity index (χ1) is 9.35. The normalized spacial score (nSPS) is 12.8. The summed E-state index contributed by atoms with van der Waals surface area (Å²) >= 11 is 0. The number of nitrogens with zero attached hydrogens (tertiary/aromatic N) is 1. The Kier molecular flexibility index (Phi) is 5.95. The van der Waals surface area contributed by atoms with E-state index in [1.807, 2.05) is 32.6 Å². The number of nitrogens with one attached hydrogen (secondary N) is 1. The molecule has 4 nitrogen and oxygen atoms in total. The van der Waals surface area contributed by atoms with Crippen molar-refractivity contribution in [2.45, 2.75) is 39.8 Å². The molecule has 0 bridgehead atoms. The highest BCUT2D eigenvalue weighted by Crippen LogP contribution is 2.28. The molecule has 2 N–H and O–H groups in total. The van der Waals surface area contributed by atoms with Gasteiger partial charge in [-0.1, -0.05) is 13.0 Å². The van der Waals surface area contributed by atoms with Gasteiger partial charge in [-0.15, -0.1) is 0 Å². The van der Waals surface area contributed by atoms with E-state index in [1.165, 1.54) is 6.07 Å². The molecule has 0 saturated carbocycles. The van der Waals surface area contributed by atoms with Crippen molar-refractivity contribution in [2.75, 3.05) is 13.1 Å². The minimum atomic E-state index is -0.473. The Morgan fingerprint density at radius 3 is 2.55 bits per heavy atom. The number of amides is 1. The molecular formula is C15H23FN2O2. The van der Waals surface area contributed by atoms with Crippen molar-refractivity contribution < 1.29 is 14.3 Å². The molecule has 0 saturated heterocycles. The van der Waals surface area contributed by atoms with Gasteiger partial charge in [0.05, 0.1) is 6.54 Å². The molecule has 1 aromatic rings. The lowest BCUT2D eigenvalue weighted by Gasteiger charge is -2.28. The van der Waals surface area contributed by atoms with Crippen molar-refractivity contribution in [2.24, 2.45) is 0 Å². The molecule has 0 radical (unpaired) electrons. The van der Waals surface area contributed by atoms with Crippen LogP contribution < -0.4 is 5.32 Å². The number of benzene rings is 1. The van der Waals surface area contributed by atoms with E-state index >= 15 is 0 Å². The Hall–Kier alpha value is -1.62. The van der Waals surface area contributed by atoms with Crippen LogP contribution in [0.4, 0.5) is 4.39 Å². The van der Waals surface area contributed by atoms with E-state index in [0.29, 0.717) is 12.1 Å². The van der Waals surface area contributed by atoms with E-state index in [9.17, 15) is 14.3 Å². The SMILES string of the molecule is CCN(CC(=O)NC(C)C)C(C)c1ccc(F)cc1O. The van der Waals surface area contributed by atoms with Crippen molar-refractivity contribution in [3.8, 4) is 5.75 Å². The number of rotatable bonds is 6. The molecule has 0 aliphatic carbocycles. The number of phenolic OH excluding ortho intramolecular Hbond substituents is 1. The average Bonchev–Trinajstić information content (AvgIpc) is 2.34. The maximum Gasteiger partial charge on any atom is 0.234 e. The van der Waals surface area contributed by atoms with Gasteiger partial charge < -0.3 is 10.4 Å². The predicted molar refractivity (Wildman–Crippen MR) is 77.0 cm³/mol. The molecule has 0 aliphatic heterocycles. The average molecular weight is 282 g/mol. The molecule has 1 amide bonds. The third-order valence-corrected chi connectivity index (χ3v) is 3.19. The van der Waals surface area contributed by atoms with E-state index in [0.717, 1.165) is 6.07 Å². The number of carbonyl (C=O) groups is 1. The summed E-state index contributed by atoms with van der Waals surface area (Å²) < 4.78 is 13.0. The van der Waals surface area contributed by atoms with Crippen LogP contribution in [0.25, 0.3) is 0 Å². The number of carbonyl (C=O) groups excluding carboxylic acids is 1. The quantitative estimate of drug-likeness (QED) is 0.842. The molecule has 1 atom stereocenters. The number of hydrogen-bond donors (Lipinski definition) is 2. The summed E-state index contributed by atoms with van der Waals surface area (Å²) in [5, 5.41) is 12.7. The van der Waals surface area contributed by atoms with Gasteiger partial charge in [-0.25, -0.2) is 4.39 Å². The lowest BCUT2D eigenvalue weighted by atomic mass is 10.1. The van der Waals surface area contributed by atoms with Gasteiger partial charge >= 0.3 is 0 Å². The molecule has 0 fully saturated rings. The monoisotopic (exact) mass is 282 g/mol. The van der Waals surface area contributed by atoms with Gasteiger partial charge in [-0.05, 0) is 33.4 Å². The molecule has 0 heterocycles. The third-order valence-electron chi connectivity index (χ3n) is 3.19. The molecule has 5 heteroatoms. The molecule has 0 aliphatic rings. The highest BCUT2D eigenvalue weighted by Gasteiger charge is 2.20. The molecule has 1 rings (SSSR count). The van der Waals surface area contributed by atoms with E-state index in [-0.39, 0.29) is 30.3 Å². The van der Waals surface area contributed by atoms with Crippen molar-refractivity contribution in [3.63, 3.8) is 0 Å². The van der Waals surface area contributed by atoms with E-state index in [2.05, 4.69) is 5.32 Å². The molecule has 1 aromatic carbocycles. The summed E-state index contributed by atoms with van der Waals surface area (Å²) in [5.41, 5.74) is 0.616. The molecule has 0 aromatic heterocycles. The zero-order valence-electron chi connectivity index (χ0n) is 12.5. The lowest BCUT2D eigenvalue weighted by Crippen LogP contribution is -2.41. The fourth-order valence-electron chi connectivity index (χ4n) is 2.14. The van der Waals surface area contributed by atoms with Crippen LogP contribution in [0.5, 0.6) is 5.75 Å². The molecule has 20 heavy (non-hydrogen) atoms. The summed E-state index contributed by atoms with van der Waals surface area (Å²) in [6, 6.07) is 3.88. The first-order valence-corrected chi connectivity index (χ1v) is 6.87. The molecule has 0 spiro atoms. The molecule has 1 unspecified atom stereocenters. The number of halogens is 1. The van der Waals surface area contributed by atoms with Crippen LogP contribution in [0.15, 0.2) is 18.2 Å². The van der Waals surface area contributed by atoms with Crippen molar-refractivity contribution in [1.29, 1.82) is 0 Å². The Balaban J connectivity index is 2.81. The largest absolute Gasteiger partial charge is 0.508 e. The predicted octanol–water partition coefficient (Wildman–Crippen LogP) is 2.44. The van der Waals surface area contributed by atoms with Gasteiger partial charge in [-0.3, -0.25) is 9.69 Å². The first-order valence-electron chi connectivity index (χ1n) is 6.87. The smallest absolute Gasteiger partial charge is 0.234 e. The fourth-order valence-corrected chi connectivity index (χ4v) is 2.14. The topological polar surface area (TPSA) is 52.6 Å².